The smallest absolute Gasteiger partial charge is 0.317 e. The van der Waals surface area contributed by atoms with E-state index in [2.05, 4.69) is 0 Å². The van der Waals surface area contributed by atoms with Gasteiger partial charge in [-0.1, -0.05) is 24.3 Å². The molecule has 126 valence electrons. The fraction of sp³-hybridized carbons (Fsp3) is 0.619. The summed E-state index contributed by atoms with van der Waals surface area (Å²) in [6.45, 7) is 0. The molecule has 6 rings (SSSR count). The Morgan fingerprint density at radius 3 is 2.29 bits per heavy atom. The molecule has 4 saturated carbocycles. The molecular formula is C21H24O3. The second-order valence-corrected chi connectivity index (χ2v) is 8.63. The van der Waals surface area contributed by atoms with Crippen LogP contribution in [0.3, 0.4) is 0 Å². The number of benzene rings is 1. The molecule has 0 heterocycles. The summed E-state index contributed by atoms with van der Waals surface area (Å²) >= 11 is 0. The van der Waals surface area contributed by atoms with Gasteiger partial charge in [-0.15, -0.1) is 0 Å². The van der Waals surface area contributed by atoms with Gasteiger partial charge in [0.15, 0.2) is 5.78 Å². The molecule has 0 radical (unpaired) electrons. The Kier molecular flexibility index (Phi) is 3.17. The quantitative estimate of drug-likeness (QED) is 0.611. The van der Waals surface area contributed by atoms with Gasteiger partial charge in [-0.2, -0.15) is 0 Å². The summed E-state index contributed by atoms with van der Waals surface area (Å²) in [4.78, 5) is 25.6. The molecule has 4 fully saturated rings. The molecule has 0 aliphatic heterocycles. The number of ether oxygens (including phenoxy) is 1. The summed E-state index contributed by atoms with van der Waals surface area (Å²) in [5, 5.41) is 0. The van der Waals surface area contributed by atoms with Gasteiger partial charge in [0.25, 0.3) is 0 Å². The van der Waals surface area contributed by atoms with E-state index in [1.807, 2.05) is 24.3 Å². The highest BCUT2D eigenvalue weighted by molar-refractivity contribution is 6.10. The van der Waals surface area contributed by atoms with E-state index in [0.717, 1.165) is 54.6 Å². The van der Waals surface area contributed by atoms with Crippen molar-refractivity contribution in [2.24, 2.45) is 23.7 Å². The summed E-state index contributed by atoms with van der Waals surface area (Å²) in [6.07, 6.45) is 8.46. The van der Waals surface area contributed by atoms with Crippen molar-refractivity contribution in [1.82, 2.24) is 0 Å². The minimum Gasteiger partial charge on any atom is -0.458 e. The second kappa shape index (κ2) is 5.18. The van der Waals surface area contributed by atoms with Crippen molar-refractivity contribution < 1.29 is 14.3 Å². The highest BCUT2D eigenvalue weighted by Crippen LogP contribution is 2.57. The summed E-state index contributed by atoms with van der Waals surface area (Å²) in [5.74, 6) is 1.35. The molecule has 3 heteroatoms. The Bertz CT molecular complexity index is 670. The number of Topliss-reactive ketones (excluding diaryl/α,β-unsaturated/α-hetero) is 1. The predicted molar refractivity (Wildman–Crippen MR) is 89.6 cm³/mol. The van der Waals surface area contributed by atoms with Crippen LogP contribution in [0.5, 0.6) is 0 Å². The number of carbonyl (C=O) groups is 2. The van der Waals surface area contributed by atoms with Crippen LogP contribution in [0.1, 0.15) is 60.9 Å². The molecule has 0 amide bonds. The van der Waals surface area contributed by atoms with Crippen LogP contribution in [0.25, 0.3) is 0 Å². The first-order chi connectivity index (χ1) is 11.6. The normalized spacial score (nSPS) is 39.6. The molecule has 5 aliphatic carbocycles. The van der Waals surface area contributed by atoms with Crippen molar-refractivity contribution in [2.45, 2.75) is 57.0 Å². The van der Waals surface area contributed by atoms with Crippen LogP contribution in [0.15, 0.2) is 24.3 Å². The maximum atomic E-state index is 12.9. The monoisotopic (exact) mass is 324 g/mol. The molecule has 1 aromatic rings. The van der Waals surface area contributed by atoms with Crippen LogP contribution < -0.4 is 0 Å². The molecule has 0 spiro atoms. The lowest BCUT2D eigenvalue weighted by molar-refractivity contribution is -0.189. The zero-order valence-corrected chi connectivity index (χ0v) is 14.0. The van der Waals surface area contributed by atoms with Crippen molar-refractivity contribution in [2.75, 3.05) is 0 Å². The Balaban J connectivity index is 1.35. The Morgan fingerprint density at radius 2 is 1.62 bits per heavy atom. The first-order valence-corrected chi connectivity index (χ1v) is 9.47. The van der Waals surface area contributed by atoms with Crippen LogP contribution in [-0.4, -0.2) is 17.4 Å². The van der Waals surface area contributed by atoms with Crippen LogP contribution in [0.4, 0.5) is 0 Å². The van der Waals surface area contributed by atoms with Gasteiger partial charge < -0.3 is 4.74 Å². The summed E-state index contributed by atoms with van der Waals surface area (Å²) in [7, 11) is 0. The summed E-state index contributed by atoms with van der Waals surface area (Å²) in [5.41, 5.74) is 1.54. The SMILES string of the molecule is O=C(OC12CC3CC(CC(C3)C1)C2)C1CCc2ccccc2C1=O. The topological polar surface area (TPSA) is 43.4 Å². The molecule has 4 bridgehead atoms. The van der Waals surface area contributed by atoms with Gasteiger partial charge in [-0.3, -0.25) is 9.59 Å². The lowest BCUT2D eigenvalue weighted by Gasteiger charge is -2.55. The number of ketones is 1. The molecule has 1 atom stereocenters. The van der Waals surface area contributed by atoms with E-state index < -0.39 is 5.92 Å². The minimum atomic E-state index is -0.590. The van der Waals surface area contributed by atoms with Gasteiger partial charge >= 0.3 is 5.97 Å². The van der Waals surface area contributed by atoms with Gasteiger partial charge in [0.1, 0.15) is 11.5 Å². The average Bonchev–Trinajstić information content (AvgIpc) is 2.53. The maximum Gasteiger partial charge on any atom is 0.317 e. The molecule has 0 aromatic heterocycles. The van der Waals surface area contributed by atoms with E-state index in [4.69, 9.17) is 4.74 Å². The summed E-state index contributed by atoms with van der Waals surface area (Å²) < 4.78 is 6.12. The number of rotatable bonds is 2. The number of hydrogen-bond donors (Lipinski definition) is 0. The van der Waals surface area contributed by atoms with Crippen molar-refractivity contribution >= 4 is 11.8 Å². The third kappa shape index (κ3) is 2.24. The number of fused-ring (bicyclic) bond motifs is 1. The van der Waals surface area contributed by atoms with E-state index >= 15 is 0 Å². The van der Waals surface area contributed by atoms with Gasteiger partial charge in [0.2, 0.25) is 0 Å². The molecule has 3 nitrogen and oxygen atoms in total. The van der Waals surface area contributed by atoms with Crippen LogP contribution in [0.2, 0.25) is 0 Å². The van der Waals surface area contributed by atoms with Gasteiger partial charge in [0, 0.05) is 5.56 Å². The van der Waals surface area contributed by atoms with Crippen LogP contribution in [-0.2, 0) is 16.0 Å². The molecule has 1 unspecified atom stereocenters. The Hall–Kier alpha value is -1.64. The van der Waals surface area contributed by atoms with Gasteiger partial charge in [-0.05, 0) is 74.7 Å². The van der Waals surface area contributed by atoms with Crippen molar-refractivity contribution in [3.63, 3.8) is 0 Å². The van der Waals surface area contributed by atoms with Crippen molar-refractivity contribution in [1.29, 1.82) is 0 Å². The molecule has 1 aromatic carbocycles. The van der Waals surface area contributed by atoms with Gasteiger partial charge in [0.05, 0.1) is 0 Å². The van der Waals surface area contributed by atoms with Crippen molar-refractivity contribution in [3.8, 4) is 0 Å². The second-order valence-electron chi connectivity index (χ2n) is 8.63. The van der Waals surface area contributed by atoms with Crippen molar-refractivity contribution in [3.05, 3.63) is 35.4 Å². The number of aryl methyl sites for hydroxylation is 1. The molecular weight excluding hydrogens is 300 g/mol. The molecule has 5 aliphatic rings. The van der Waals surface area contributed by atoms with E-state index in [9.17, 15) is 9.59 Å². The van der Waals surface area contributed by atoms with Crippen LogP contribution in [0, 0.1) is 23.7 Å². The largest absolute Gasteiger partial charge is 0.458 e. The minimum absolute atomic E-state index is 0.0356. The standard InChI is InChI=1S/C21H24O3/c22-19-17-4-2-1-3-16(17)5-6-18(19)20(23)24-21-10-13-7-14(11-21)9-15(8-13)12-21/h1-4,13-15,18H,5-12H2. The molecule has 24 heavy (non-hydrogen) atoms. The maximum absolute atomic E-state index is 12.9. The van der Waals surface area contributed by atoms with E-state index in [0.29, 0.717) is 6.42 Å². The third-order valence-electron chi connectivity index (χ3n) is 6.89. The van der Waals surface area contributed by atoms with E-state index in [-0.39, 0.29) is 17.4 Å². The first kappa shape index (κ1) is 14.7. The number of carbonyl (C=O) groups excluding carboxylic acids is 2. The molecule has 0 saturated heterocycles. The summed E-state index contributed by atoms with van der Waals surface area (Å²) in [6, 6.07) is 7.68. The highest BCUT2D eigenvalue weighted by Gasteiger charge is 2.54. The highest BCUT2D eigenvalue weighted by atomic mass is 16.6. The zero-order chi connectivity index (χ0) is 16.3. The fourth-order valence-corrected chi connectivity index (χ4v) is 6.26. The molecule has 0 N–H and O–H groups in total. The average molecular weight is 324 g/mol. The number of esters is 1. The van der Waals surface area contributed by atoms with Gasteiger partial charge in [-0.25, -0.2) is 0 Å². The lowest BCUT2D eigenvalue weighted by atomic mass is 9.54. The predicted octanol–water partition coefficient (Wildman–Crippen LogP) is 3.94. The van der Waals surface area contributed by atoms with E-state index in [1.165, 1.54) is 19.3 Å². The fourth-order valence-electron chi connectivity index (χ4n) is 6.26. The first-order valence-electron chi connectivity index (χ1n) is 9.47. The number of hydrogen-bond acceptors (Lipinski definition) is 3. The van der Waals surface area contributed by atoms with Crippen LogP contribution >= 0.6 is 0 Å². The third-order valence-corrected chi connectivity index (χ3v) is 6.89. The zero-order valence-electron chi connectivity index (χ0n) is 14.0. The Morgan fingerprint density at radius 1 is 1.00 bits per heavy atom. The Labute approximate surface area is 142 Å². The lowest BCUT2D eigenvalue weighted by Crippen LogP contribution is -2.53. The van der Waals surface area contributed by atoms with E-state index in [1.54, 1.807) is 0 Å².